The van der Waals surface area contributed by atoms with Crippen molar-refractivity contribution in [3.8, 4) is 0 Å². The van der Waals surface area contributed by atoms with E-state index < -0.39 is 15.8 Å². The van der Waals surface area contributed by atoms with E-state index in [9.17, 15) is 17.9 Å². The Morgan fingerprint density at radius 1 is 1.29 bits per heavy atom. The number of aliphatic hydroxyl groups is 1. The van der Waals surface area contributed by atoms with Crippen LogP contribution in [0.5, 0.6) is 0 Å². The molecule has 0 radical (unpaired) electrons. The second kappa shape index (κ2) is 6.85. The van der Waals surface area contributed by atoms with E-state index in [1.54, 1.807) is 6.92 Å². The maximum atomic E-state index is 13.3. The highest BCUT2D eigenvalue weighted by atomic mass is 32.2. The number of aryl methyl sites for hydroxylation is 1. The fraction of sp³-hybridized carbons (Fsp3) is 0.600. The van der Waals surface area contributed by atoms with E-state index in [2.05, 4.69) is 4.72 Å². The Labute approximate surface area is 125 Å². The largest absolute Gasteiger partial charge is 0.396 e. The van der Waals surface area contributed by atoms with E-state index >= 15 is 0 Å². The summed E-state index contributed by atoms with van der Waals surface area (Å²) in [7, 11) is -3.72. The molecule has 2 rings (SSSR count). The summed E-state index contributed by atoms with van der Waals surface area (Å²) in [4.78, 5) is -0.0149. The van der Waals surface area contributed by atoms with Crippen LogP contribution in [0.15, 0.2) is 23.1 Å². The lowest BCUT2D eigenvalue weighted by molar-refractivity contribution is 0.136. The van der Waals surface area contributed by atoms with Gasteiger partial charge in [0.05, 0.1) is 4.90 Å². The Kier molecular flexibility index (Phi) is 5.35. The van der Waals surface area contributed by atoms with Gasteiger partial charge in [0.15, 0.2) is 0 Å². The molecule has 2 unspecified atom stereocenters. The Morgan fingerprint density at radius 2 is 1.95 bits per heavy atom. The molecular weight excluding hydrogens is 293 g/mol. The summed E-state index contributed by atoms with van der Waals surface area (Å²) in [5.41, 5.74) is 0.520. The number of halogens is 1. The lowest BCUT2D eigenvalue weighted by Gasteiger charge is -2.30. The van der Waals surface area contributed by atoms with Gasteiger partial charge in [0.25, 0.3) is 0 Å². The fourth-order valence-corrected chi connectivity index (χ4v) is 4.30. The van der Waals surface area contributed by atoms with Crippen molar-refractivity contribution in [1.82, 2.24) is 4.72 Å². The van der Waals surface area contributed by atoms with Crippen LogP contribution in [0.1, 0.15) is 31.2 Å². The van der Waals surface area contributed by atoms with Crippen molar-refractivity contribution >= 4 is 10.0 Å². The van der Waals surface area contributed by atoms with Crippen molar-refractivity contribution in [1.29, 1.82) is 0 Å². The average molecular weight is 315 g/mol. The standard InChI is InChI=1S/C15H22FNO3S/c1-11-6-7-14(16)8-15(11)21(19,20)17-9-12-4-2-3-5-13(12)10-18/h6-8,12-13,17-18H,2-5,9-10H2,1H3. The zero-order chi connectivity index (χ0) is 15.5. The third-order valence-corrected chi connectivity index (χ3v) is 5.84. The van der Waals surface area contributed by atoms with Crippen molar-refractivity contribution in [2.24, 2.45) is 11.8 Å². The summed E-state index contributed by atoms with van der Waals surface area (Å²) in [6.45, 7) is 2.03. The molecule has 1 aromatic rings. The quantitative estimate of drug-likeness (QED) is 0.875. The van der Waals surface area contributed by atoms with Gasteiger partial charge in [-0.25, -0.2) is 17.5 Å². The molecule has 0 amide bonds. The van der Waals surface area contributed by atoms with E-state index in [4.69, 9.17) is 0 Å². The highest BCUT2D eigenvalue weighted by Gasteiger charge is 2.26. The monoisotopic (exact) mass is 315 g/mol. The number of hydrogen-bond acceptors (Lipinski definition) is 3. The predicted octanol–water partition coefficient (Wildman–Crippen LogP) is 2.21. The van der Waals surface area contributed by atoms with Gasteiger partial charge in [0.1, 0.15) is 5.82 Å². The smallest absolute Gasteiger partial charge is 0.240 e. The minimum atomic E-state index is -3.72. The maximum absolute atomic E-state index is 13.3. The second-order valence-corrected chi connectivity index (χ2v) is 7.48. The predicted molar refractivity (Wildman–Crippen MR) is 78.9 cm³/mol. The van der Waals surface area contributed by atoms with Gasteiger partial charge in [0, 0.05) is 13.2 Å². The molecule has 1 fully saturated rings. The first kappa shape index (κ1) is 16.4. The van der Waals surface area contributed by atoms with E-state index in [1.807, 2.05) is 0 Å². The Balaban J connectivity index is 2.09. The van der Waals surface area contributed by atoms with Crippen molar-refractivity contribution in [2.75, 3.05) is 13.2 Å². The molecule has 1 aromatic carbocycles. The summed E-state index contributed by atoms with van der Waals surface area (Å²) in [6, 6.07) is 3.75. The number of nitrogens with one attached hydrogen (secondary N) is 1. The first-order valence-electron chi connectivity index (χ1n) is 7.30. The Bertz CT molecular complexity index is 589. The lowest BCUT2D eigenvalue weighted by Crippen LogP contribution is -2.35. The molecule has 1 aliphatic carbocycles. The third-order valence-electron chi connectivity index (χ3n) is 4.28. The average Bonchev–Trinajstić information content (AvgIpc) is 2.48. The number of aliphatic hydroxyl groups excluding tert-OH is 1. The minimum Gasteiger partial charge on any atom is -0.396 e. The van der Waals surface area contributed by atoms with Crippen LogP contribution >= 0.6 is 0 Å². The number of hydrogen-bond donors (Lipinski definition) is 2. The van der Waals surface area contributed by atoms with Gasteiger partial charge in [-0.05, 0) is 49.3 Å². The zero-order valence-corrected chi connectivity index (χ0v) is 13.0. The van der Waals surface area contributed by atoms with Crippen LogP contribution in [-0.2, 0) is 10.0 Å². The van der Waals surface area contributed by atoms with Gasteiger partial charge in [-0.3, -0.25) is 0 Å². The van der Waals surface area contributed by atoms with Crippen molar-refractivity contribution in [3.63, 3.8) is 0 Å². The molecular formula is C15H22FNO3S. The first-order valence-corrected chi connectivity index (χ1v) is 8.79. The normalized spacial score (nSPS) is 23.2. The van der Waals surface area contributed by atoms with Gasteiger partial charge in [0.2, 0.25) is 10.0 Å². The topological polar surface area (TPSA) is 66.4 Å². The molecule has 6 heteroatoms. The fourth-order valence-electron chi connectivity index (χ4n) is 2.95. The molecule has 21 heavy (non-hydrogen) atoms. The minimum absolute atomic E-state index is 0.0149. The van der Waals surface area contributed by atoms with Crippen molar-refractivity contribution in [3.05, 3.63) is 29.6 Å². The van der Waals surface area contributed by atoms with E-state index in [0.29, 0.717) is 12.1 Å². The van der Waals surface area contributed by atoms with Crippen LogP contribution in [0, 0.1) is 24.6 Å². The number of rotatable bonds is 5. The summed E-state index contributed by atoms with van der Waals surface area (Å²) in [5, 5.41) is 9.36. The van der Waals surface area contributed by atoms with Crippen LogP contribution in [0.2, 0.25) is 0 Å². The van der Waals surface area contributed by atoms with Gasteiger partial charge < -0.3 is 5.11 Å². The van der Waals surface area contributed by atoms with Crippen molar-refractivity contribution < 1.29 is 17.9 Å². The summed E-state index contributed by atoms with van der Waals surface area (Å²) in [6.07, 6.45) is 3.98. The van der Waals surface area contributed by atoms with Gasteiger partial charge in [-0.2, -0.15) is 0 Å². The molecule has 2 atom stereocenters. The maximum Gasteiger partial charge on any atom is 0.240 e. The zero-order valence-electron chi connectivity index (χ0n) is 12.2. The number of benzene rings is 1. The molecule has 0 bridgehead atoms. The van der Waals surface area contributed by atoms with Crippen LogP contribution in [0.4, 0.5) is 4.39 Å². The Hall–Kier alpha value is -0.980. The molecule has 0 aromatic heterocycles. The molecule has 0 spiro atoms. The molecule has 1 saturated carbocycles. The highest BCUT2D eigenvalue weighted by Crippen LogP contribution is 2.29. The second-order valence-electron chi connectivity index (χ2n) is 5.75. The molecule has 0 heterocycles. The van der Waals surface area contributed by atoms with E-state index in [-0.39, 0.29) is 23.3 Å². The van der Waals surface area contributed by atoms with Crippen molar-refractivity contribution in [2.45, 2.75) is 37.5 Å². The van der Waals surface area contributed by atoms with E-state index in [0.717, 1.165) is 31.7 Å². The highest BCUT2D eigenvalue weighted by molar-refractivity contribution is 7.89. The van der Waals surface area contributed by atoms with Crippen LogP contribution in [0.3, 0.4) is 0 Å². The van der Waals surface area contributed by atoms with Crippen LogP contribution in [-0.4, -0.2) is 26.7 Å². The summed E-state index contributed by atoms with van der Waals surface area (Å²) >= 11 is 0. The molecule has 0 aliphatic heterocycles. The van der Waals surface area contributed by atoms with Gasteiger partial charge in [-0.1, -0.05) is 18.9 Å². The summed E-state index contributed by atoms with van der Waals surface area (Å²) < 4.78 is 40.4. The third kappa shape index (κ3) is 4.02. The molecule has 2 N–H and O–H groups in total. The molecule has 118 valence electrons. The lowest BCUT2D eigenvalue weighted by atomic mass is 9.80. The van der Waals surface area contributed by atoms with E-state index in [1.165, 1.54) is 12.1 Å². The first-order chi connectivity index (χ1) is 9.94. The van der Waals surface area contributed by atoms with Gasteiger partial charge >= 0.3 is 0 Å². The number of sulfonamides is 1. The molecule has 1 aliphatic rings. The molecule has 0 saturated heterocycles. The van der Waals surface area contributed by atoms with Crippen LogP contribution in [0.25, 0.3) is 0 Å². The summed E-state index contributed by atoms with van der Waals surface area (Å²) in [5.74, 6) is -0.269. The molecule has 4 nitrogen and oxygen atoms in total. The Morgan fingerprint density at radius 3 is 2.62 bits per heavy atom. The van der Waals surface area contributed by atoms with Gasteiger partial charge in [-0.15, -0.1) is 0 Å². The van der Waals surface area contributed by atoms with Crippen LogP contribution < -0.4 is 4.72 Å². The SMILES string of the molecule is Cc1ccc(F)cc1S(=O)(=O)NCC1CCCCC1CO.